The minimum atomic E-state index is -0.0601. The van der Waals surface area contributed by atoms with E-state index in [1.54, 1.807) is 18.2 Å². The van der Waals surface area contributed by atoms with E-state index in [4.69, 9.17) is 9.47 Å². The number of carbonyl (C=O) groups excluding carboxylic acids is 1. The van der Waals surface area contributed by atoms with E-state index in [1.165, 1.54) is 0 Å². The summed E-state index contributed by atoms with van der Waals surface area (Å²) in [4.78, 5) is 12.2. The van der Waals surface area contributed by atoms with Gasteiger partial charge in [-0.2, -0.15) is 0 Å². The monoisotopic (exact) mass is 312 g/mol. The van der Waals surface area contributed by atoms with E-state index in [0.29, 0.717) is 23.6 Å². The van der Waals surface area contributed by atoms with Crippen LogP contribution in [0.15, 0.2) is 18.2 Å². The summed E-state index contributed by atoms with van der Waals surface area (Å²) in [5.74, 6) is 1.28. The summed E-state index contributed by atoms with van der Waals surface area (Å²) in [5.41, 5.74) is 0.756. The lowest BCUT2D eigenvalue weighted by Crippen LogP contribution is -2.45. The number of hydrogen-bond acceptors (Lipinski definition) is 4. The molecule has 2 N–H and O–H groups in total. The number of rotatable bonds is 3. The predicted molar refractivity (Wildman–Crippen MR) is 82.4 cm³/mol. The van der Waals surface area contributed by atoms with Crippen molar-refractivity contribution < 1.29 is 14.3 Å². The van der Waals surface area contributed by atoms with Gasteiger partial charge in [0.25, 0.3) is 5.91 Å². The fraction of sp³-hybridized carbons (Fsp3) is 0.533. The lowest BCUT2D eigenvalue weighted by atomic mass is 9.83. The third-order valence-electron chi connectivity index (χ3n) is 4.00. The minimum Gasteiger partial charge on any atom is -0.454 e. The molecular weight excluding hydrogens is 292 g/mol. The van der Waals surface area contributed by atoms with Gasteiger partial charge in [0, 0.05) is 18.7 Å². The van der Waals surface area contributed by atoms with Crippen molar-refractivity contribution in [1.29, 1.82) is 0 Å². The molecule has 5 nitrogen and oxygen atoms in total. The Morgan fingerprint density at radius 1 is 1.38 bits per heavy atom. The van der Waals surface area contributed by atoms with E-state index in [2.05, 4.69) is 17.6 Å². The molecule has 21 heavy (non-hydrogen) atoms. The van der Waals surface area contributed by atoms with Crippen LogP contribution >= 0.6 is 12.4 Å². The standard InChI is InChI=1S/C15H20N2O3.ClH/c1-15(5-2-6-16-8-15)9-17-14(18)11-3-4-12-13(7-11)20-10-19-12;/h3-4,7,16H,2,5-6,8-10H2,1H3,(H,17,18);1H. The van der Waals surface area contributed by atoms with Crippen molar-refractivity contribution in [3.05, 3.63) is 23.8 Å². The van der Waals surface area contributed by atoms with Crippen LogP contribution in [0, 0.1) is 5.41 Å². The van der Waals surface area contributed by atoms with Crippen molar-refractivity contribution in [2.45, 2.75) is 19.8 Å². The second-order valence-corrected chi connectivity index (χ2v) is 5.84. The SMILES string of the molecule is CC1(CNC(=O)c2ccc3c(c2)OCO3)CCCNC1.Cl. The number of nitrogens with one attached hydrogen (secondary N) is 2. The first-order chi connectivity index (χ1) is 9.66. The number of carbonyl (C=O) groups is 1. The molecule has 2 aliphatic rings. The molecule has 1 fully saturated rings. The molecule has 3 rings (SSSR count). The van der Waals surface area contributed by atoms with Crippen LogP contribution in [0.1, 0.15) is 30.1 Å². The minimum absolute atomic E-state index is 0. The molecule has 2 aliphatic heterocycles. The highest BCUT2D eigenvalue weighted by atomic mass is 35.5. The molecule has 116 valence electrons. The number of hydrogen-bond donors (Lipinski definition) is 2. The molecule has 1 atom stereocenters. The molecule has 1 aromatic carbocycles. The Morgan fingerprint density at radius 2 is 2.19 bits per heavy atom. The summed E-state index contributed by atoms with van der Waals surface area (Å²) in [5, 5.41) is 6.41. The third kappa shape index (κ3) is 3.60. The van der Waals surface area contributed by atoms with Crippen LogP contribution in [0.4, 0.5) is 0 Å². The molecule has 0 bridgehead atoms. The zero-order valence-electron chi connectivity index (χ0n) is 12.1. The van der Waals surface area contributed by atoms with Crippen LogP contribution in [-0.4, -0.2) is 32.3 Å². The van der Waals surface area contributed by atoms with E-state index < -0.39 is 0 Å². The number of halogens is 1. The van der Waals surface area contributed by atoms with Gasteiger partial charge in [-0.25, -0.2) is 0 Å². The van der Waals surface area contributed by atoms with Gasteiger partial charge >= 0.3 is 0 Å². The number of fused-ring (bicyclic) bond motifs is 1. The van der Waals surface area contributed by atoms with Crippen molar-refractivity contribution in [2.24, 2.45) is 5.41 Å². The molecule has 1 aromatic rings. The summed E-state index contributed by atoms with van der Waals surface area (Å²) in [6, 6.07) is 5.28. The number of piperidine rings is 1. The van der Waals surface area contributed by atoms with Gasteiger partial charge in [0.05, 0.1) is 0 Å². The topological polar surface area (TPSA) is 59.6 Å². The van der Waals surface area contributed by atoms with Gasteiger partial charge in [-0.3, -0.25) is 4.79 Å². The van der Waals surface area contributed by atoms with Crippen molar-refractivity contribution in [3.63, 3.8) is 0 Å². The molecular formula is C15H21ClN2O3. The predicted octanol–water partition coefficient (Wildman–Crippen LogP) is 1.96. The molecule has 1 saturated heterocycles. The van der Waals surface area contributed by atoms with E-state index in [0.717, 1.165) is 25.9 Å². The lowest BCUT2D eigenvalue weighted by Gasteiger charge is -2.34. The highest BCUT2D eigenvalue weighted by Crippen LogP contribution is 2.32. The van der Waals surface area contributed by atoms with Crippen LogP contribution in [0.3, 0.4) is 0 Å². The Morgan fingerprint density at radius 3 is 2.95 bits per heavy atom. The molecule has 1 unspecified atom stereocenters. The second kappa shape index (κ2) is 6.54. The van der Waals surface area contributed by atoms with Crippen molar-refractivity contribution >= 4 is 18.3 Å². The molecule has 1 amide bonds. The molecule has 0 aromatic heterocycles. The van der Waals surface area contributed by atoms with Crippen LogP contribution in [0.25, 0.3) is 0 Å². The van der Waals surface area contributed by atoms with Crippen LogP contribution in [-0.2, 0) is 0 Å². The fourth-order valence-electron chi connectivity index (χ4n) is 2.70. The first-order valence-electron chi connectivity index (χ1n) is 7.05. The Balaban J connectivity index is 0.00000161. The molecule has 0 spiro atoms. The average molecular weight is 313 g/mol. The van der Waals surface area contributed by atoms with Crippen LogP contribution in [0.2, 0.25) is 0 Å². The highest BCUT2D eigenvalue weighted by Gasteiger charge is 2.27. The van der Waals surface area contributed by atoms with E-state index >= 15 is 0 Å². The summed E-state index contributed by atoms with van der Waals surface area (Å²) in [7, 11) is 0. The van der Waals surface area contributed by atoms with E-state index in [9.17, 15) is 4.79 Å². The van der Waals surface area contributed by atoms with Gasteiger partial charge < -0.3 is 20.1 Å². The van der Waals surface area contributed by atoms with E-state index in [-0.39, 0.29) is 30.5 Å². The normalized spacial score (nSPS) is 23.3. The summed E-state index contributed by atoms with van der Waals surface area (Å²) >= 11 is 0. The van der Waals surface area contributed by atoms with Crippen molar-refractivity contribution in [2.75, 3.05) is 26.4 Å². The first-order valence-corrected chi connectivity index (χ1v) is 7.05. The maximum Gasteiger partial charge on any atom is 0.251 e. The quantitative estimate of drug-likeness (QED) is 0.896. The molecule has 0 aliphatic carbocycles. The first kappa shape index (κ1) is 15.9. The largest absolute Gasteiger partial charge is 0.454 e. The molecule has 0 saturated carbocycles. The molecule has 0 radical (unpaired) electrons. The van der Waals surface area contributed by atoms with Crippen LogP contribution in [0.5, 0.6) is 11.5 Å². The Kier molecular flexibility index (Phi) is 4.96. The van der Waals surface area contributed by atoms with Gasteiger partial charge in [-0.1, -0.05) is 6.92 Å². The summed E-state index contributed by atoms with van der Waals surface area (Å²) < 4.78 is 10.5. The average Bonchev–Trinajstić information content (AvgIpc) is 2.93. The third-order valence-corrected chi connectivity index (χ3v) is 4.00. The lowest BCUT2D eigenvalue weighted by molar-refractivity contribution is 0.0924. The Bertz CT molecular complexity index is 516. The van der Waals surface area contributed by atoms with Crippen molar-refractivity contribution in [3.8, 4) is 11.5 Å². The Hall–Kier alpha value is -1.46. The zero-order chi connectivity index (χ0) is 14.0. The van der Waals surface area contributed by atoms with Gasteiger partial charge in [0.2, 0.25) is 6.79 Å². The van der Waals surface area contributed by atoms with Gasteiger partial charge in [-0.15, -0.1) is 12.4 Å². The smallest absolute Gasteiger partial charge is 0.251 e. The molecule has 2 heterocycles. The van der Waals surface area contributed by atoms with Gasteiger partial charge in [0.1, 0.15) is 0 Å². The number of benzene rings is 1. The second-order valence-electron chi connectivity index (χ2n) is 5.84. The summed E-state index contributed by atoms with van der Waals surface area (Å²) in [6.07, 6.45) is 2.30. The molecule has 6 heteroatoms. The van der Waals surface area contributed by atoms with Crippen LogP contribution < -0.4 is 20.1 Å². The Labute approximate surface area is 130 Å². The maximum absolute atomic E-state index is 12.2. The van der Waals surface area contributed by atoms with Gasteiger partial charge in [0.15, 0.2) is 11.5 Å². The number of amides is 1. The zero-order valence-corrected chi connectivity index (χ0v) is 12.9. The fourth-order valence-corrected chi connectivity index (χ4v) is 2.70. The van der Waals surface area contributed by atoms with Gasteiger partial charge in [-0.05, 0) is 43.0 Å². The van der Waals surface area contributed by atoms with E-state index in [1.807, 2.05) is 0 Å². The summed E-state index contributed by atoms with van der Waals surface area (Å²) in [6.45, 7) is 5.15. The number of ether oxygens (including phenoxy) is 2. The van der Waals surface area contributed by atoms with Crippen molar-refractivity contribution in [1.82, 2.24) is 10.6 Å². The highest BCUT2D eigenvalue weighted by molar-refractivity contribution is 5.94. The maximum atomic E-state index is 12.2.